The smallest absolute Gasteiger partial charge is 0.262 e. The molecule has 8 heteroatoms. The molecule has 0 unspecified atom stereocenters. The van der Waals surface area contributed by atoms with Gasteiger partial charge in [0.2, 0.25) is 0 Å². The second kappa shape index (κ2) is 15.6. The normalized spacial score (nSPS) is 22.4. The number of hydrogen-bond donors (Lipinski definition) is 0. The van der Waals surface area contributed by atoms with Crippen molar-refractivity contribution < 1.29 is 22.8 Å². The molecule has 6 rings (SSSR count). The molecule has 5 nitrogen and oxygen atoms in total. The molecule has 53 heavy (non-hydrogen) atoms. The van der Waals surface area contributed by atoms with Gasteiger partial charge in [0.05, 0.1) is 0 Å². The van der Waals surface area contributed by atoms with Crippen LogP contribution in [-0.4, -0.2) is 55.7 Å². The molecule has 2 saturated heterocycles. The zero-order valence-electron chi connectivity index (χ0n) is 33.3. The quantitative estimate of drug-likeness (QED) is 0.128. The van der Waals surface area contributed by atoms with E-state index < -0.39 is 55.7 Å². The summed E-state index contributed by atoms with van der Waals surface area (Å²) in [6.07, 6.45) is -2.57. The zero-order chi connectivity index (χ0) is 38.1. The number of rotatable bonds is 13. The molecule has 0 bridgehead atoms. The Morgan fingerprint density at radius 1 is 0.528 bits per heavy atom. The van der Waals surface area contributed by atoms with Crippen LogP contribution in [0.25, 0.3) is 0 Å². The van der Waals surface area contributed by atoms with Crippen molar-refractivity contribution in [1.29, 1.82) is 0 Å². The molecule has 0 aliphatic carbocycles. The summed E-state index contributed by atoms with van der Waals surface area (Å²) < 4.78 is 37.1. The van der Waals surface area contributed by atoms with Gasteiger partial charge in [0.1, 0.15) is 24.1 Å². The number of benzene rings is 4. The van der Waals surface area contributed by atoms with E-state index in [0.29, 0.717) is 5.76 Å². The van der Waals surface area contributed by atoms with Crippen molar-refractivity contribution >= 4 is 45.7 Å². The monoisotopic (exact) mass is 764 g/mol. The Hall–Kier alpha value is -3.09. The first-order chi connectivity index (χ1) is 25.3. The minimum atomic E-state index is -3.03. The van der Waals surface area contributed by atoms with Gasteiger partial charge in [0.25, 0.3) is 16.6 Å². The lowest BCUT2D eigenvalue weighted by atomic mass is 10.1. The Labute approximate surface area is 322 Å². The van der Waals surface area contributed by atoms with Gasteiger partial charge in [-0.15, -0.1) is 0 Å². The maximum Gasteiger partial charge on any atom is 0.262 e. The summed E-state index contributed by atoms with van der Waals surface area (Å²) in [6, 6.07) is 46.1. The molecular formula is C45H60O5Si3. The van der Waals surface area contributed by atoms with E-state index in [0.717, 1.165) is 18.1 Å². The molecule has 5 atom stereocenters. The van der Waals surface area contributed by atoms with Crippen LogP contribution in [0.5, 0.6) is 0 Å². The van der Waals surface area contributed by atoms with Crippen molar-refractivity contribution in [2.24, 2.45) is 0 Å². The topological polar surface area (TPSA) is 46.2 Å². The van der Waals surface area contributed by atoms with E-state index in [4.69, 9.17) is 22.8 Å². The first kappa shape index (κ1) is 39.6. The molecule has 2 fully saturated rings. The van der Waals surface area contributed by atoms with Crippen LogP contribution in [0.2, 0.25) is 28.2 Å². The maximum absolute atomic E-state index is 7.91. The van der Waals surface area contributed by atoms with Gasteiger partial charge in [0.15, 0.2) is 20.7 Å². The molecule has 4 aromatic carbocycles. The summed E-state index contributed by atoms with van der Waals surface area (Å²) in [5.41, 5.74) is 0. The minimum Gasteiger partial charge on any atom is -0.487 e. The van der Waals surface area contributed by atoms with E-state index in [1.165, 1.54) is 20.7 Å². The van der Waals surface area contributed by atoms with Crippen molar-refractivity contribution in [2.45, 2.75) is 121 Å². The SMILES string of the molecule is C=C1O[C@@H]2[C@@H](O[C@@H](O[Si](CC)(CC)CC)[C@@H]2O[Si](c2ccccc2)(c2ccccc2)C(C)(C)C)[C@H]1O[Si](c1ccccc1)(c1ccccc1)C(C)(C)C. The minimum absolute atomic E-state index is 0.234. The summed E-state index contributed by atoms with van der Waals surface area (Å²) in [5.74, 6) is 0.590. The molecule has 0 amide bonds. The van der Waals surface area contributed by atoms with Crippen LogP contribution in [0.15, 0.2) is 134 Å². The second-order valence-electron chi connectivity index (χ2n) is 16.8. The highest BCUT2D eigenvalue weighted by Gasteiger charge is 2.64. The molecule has 4 aromatic rings. The summed E-state index contributed by atoms with van der Waals surface area (Å²) in [5, 5.41) is 4.35. The van der Waals surface area contributed by atoms with Crippen molar-refractivity contribution in [2.75, 3.05) is 0 Å². The third-order valence-electron chi connectivity index (χ3n) is 11.9. The van der Waals surface area contributed by atoms with Gasteiger partial charge < -0.3 is 22.8 Å². The molecule has 0 saturated carbocycles. The van der Waals surface area contributed by atoms with Gasteiger partial charge >= 0.3 is 0 Å². The first-order valence-corrected chi connectivity index (χ1v) is 25.9. The largest absolute Gasteiger partial charge is 0.487 e. The molecule has 2 aliphatic rings. The Morgan fingerprint density at radius 2 is 0.887 bits per heavy atom. The summed E-state index contributed by atoms with van der Waals surface area (Å²) in [4.78, 5) is 0. The van der Waals surface area contributed by atoms with Gasteiger partial charge in [-0.25, -0.2) is 0 Å². The van der Waals surface area contributed by atoms with Gasteiger partial charge in [-0.2, -0.15) is 0 Å². The third kappa shape index (κ3) is 7.12. The lowest BCUT2D eigenvalue weighted by Crippen LogP contribution is -2.69. The molecule has 2 heterocycles. The van der Waals surface area contributed by atoms with Crippen LogP contribution >= 0.6 is 0 Å². The van der Waals surface area contributed by atoms with Crippen LogP contribution < -0.4 is 20.7 Å². The van der Waals surface area contributed by atoms with E-state index in [9.17, 15) is 0 Å². The first-order valence-electron chi connectivity index (χ1n) is 19.5. The highest BCUT2D eigenvalue weighted by atomic mass is 28.4. The Kier molecular flexibility index (Phi) is 11.6. The van der Waals surface area contributed by atoms with E-state index in [2.05, 4.69) is 190 Å². The molecule has 2 aliphatic heterocycles. The van der Waals surface area contributed by atoms with Crippen LogP contribution in [0.1, 0.15) is 62.3 Å². The van der Waals surface area contributed by atoms with Crippen LogP contribution in [0.3, 0.4) is 0 Å². The third-order valence-corrected chi connectivity index (χ3v) is 26.5. The van der Waals surface area contributed by atoms with Crippen LogP contribution in [-0.2, 0) is 22.8 Å². The number of fused-ring (bicyclic) bond motifs is 1. The Morgan fingerprint density at radius 3 is 1.23 bits per heavy atom. The maximum atomic E-state index is 7.91. The highest BCUT2D eigenvalue weighted by molar-refractivity contribution is 7.00. The molecule has 0 aromatic heterocycles. The van der Waals surface area contributed by atoms with Crippen molar-refractivity contribution in [1.82, 2.24) is 0 Å². The Bertz CT molecular complexity index is 1700. The van der Waals surface area contributed by atoms with Crippen LogP contribution in [0, 0.1) is 0 Å². The molecule has 0 N–H and O–H groups in total. The second-order valence-corrected chi connectivity index (χ2v) is 30.1. The molecule has 0 radical (unpaired) electrons. The van der Waals surface area contributed by atoms with Gasteiger partial charge in [-0.05, 0) is 49.0 Å². The summed E-state index contributed by atoms with van der Waals surface area (Å²) in [7, 11) is -8.20. The van der Waals surface area contributed by atoms with Crippen molar-refractivity contribution in [3.63, 3.8) is 0 Å². The van der Waals surface area contributed by atoms with E-state index >= 15 is 0 Å². The molecular weight excluding hydrogens is 705 g/mol. The fourth-order valence-electron chi connectivity index (χ4n) is 8.83. The predicted octanol–water partition coefficient (Wildman–Crippen LogP) is 8.54. The van der Waals surface area contributed by atoms with Gasteiger partial charge in [-0.3, -0.25) is 0 Å². The summed E-state index contributed by atoms with van der Waals surface area (Å²) >= 11 is 0. The van der Waals surface area contributed by atoms with E-state index in [-0.39, 0.29) is 10.1 Å². The standard InChI is InChI=1S/C45H60O5Si3/c1-11-51(12-2,13-3)50-43-42(49-53(45(8,9)10,37-30-22-16-23-31-37)38-32-24-17-25-33-38)41-40(47-43)39(34(4)46-41)48-52(44(5,6)7,35-26-18-14-19-27-35)36-28-20-15-21-29-36/h14-33,39-43H,4,11-13H2,1-3,5-10H3/t39-,40-,41+,42+,43-/m0/s1. The predicted molar refractivity (Wildman–Crippen MR) is 226 cm³/mol. The summed E-state index contributed by atoms with van der Waals surface area (Å²) in [6.45, 7) is 25.2. The number of ether oxygens (including phenoxy) is 2. The van der Waals surface area contributed by atoms with Crippen molar-refractivity contribution in [3.05, 3.63) is 134 Å². The van der Waals surface area contributed by atoms with Crippen molar-refractivity contribution in [3.8, 4) is 0 Å². The van der Waals surface area contributed by atoms with Crippen LogP contribution in [0.4, 0.5) is 0 Å². The zero-order valence-corrected chi connectivity index (χ0v) is 36.3. The fraction of sp³-hybridized carbons (Fsp3) is 0.422. The van der Waals surface area contributed by atoms with Gasteiger partial charge in [0, 0.05) is 0 Å². The fourth-order valence-corrected chi connectivity index (χ4v) is 20.8. The van der Waals surface area contributed by atoms with Gasteiger partial charge in [-0.1, -0.05) is 190 Å². The van der Waals surface area contributed by atoms with E-state index in [1.807, 2.05) is 0 Å². The van der Waals surface area contributed by atoms with E-state index in [1.54, 1.807) is 0 Å². The average Bonchev–Trinajstić information content (AvgIpc) is 3.64. The number of hydrogen-bond acceptors (Lipinski definition) is 5. The average molecular weight is 765 g/mol. The Balaban J connectivity index is 1.50. The molecule has 0 spiro atoms. The molecule has 282 valence electrons. The highest BCUT2D eigenvalue weighted by Crippen LogP contribution is 2.48. The lowest BCUT2D eigenvalue weighted by molar-refractivity contribution is -0.128. The lowest BCUT2D eigenvalue weighted by Gasteiger charge is -2.46.